The summed E-state index contributed by atoms with van der Waals surface area (Å²) < 4.78 is 83.4. The first kappa shape index (κ1) is 29.0. The second-order valence-corrected chi connectivity index (χ2v) is 9.09. The second kappa shape index (κ2) is 11.7. The lowest BCUT2D eigenvalue weighted by Crippen LogP contribution is -2.41. The number of hydrogen-bond acceptors (Lipinski definition) is 4. The maximum Gasteiger partial charge on any atom is 0.435 e. The Morgan fingerprint density at radius 3 is 2.08 bits per heavy atom. The molecule has 0 bridgehead atoms. The molecule has 7 nitrogen and oxygen atoms in total. The number of benzene rings is 1. The van der Waals surface area contributed by atoms with Crippen molar-refractivity contribution in [3.05, 3.63) is 41.7 Å². The Balaban J connectivity index is 1.81. The van der Waals surface area contributed by atoms with E-state index in [4.69, 9.17) is 4.74 Å². The van der Waals surface area contributed by atoms with E-state index in [1.54, 1.807) is 0 Å². The molecule has 1 aromatic heterocycles. The number of carbonyl (C=O) groups excluding carboxylic acids is 2. The van der Waals surface area contributed by atoms with E-state index in [0.29, 0.717) is 12.8 Å². The molecule has 0 saturated heterocycles. The Bertz CT molecular complexity index is 1020. The standard InChI is InChI=1S/C23H28F6N4O3/c1-21(2,3)31-20(35)36-13-7-5-4-6-8-19(34)30-15-9-11-16(12-10-15)33-18(23(27,28)29)14-17(32-33)22(24,25)26/h9-12,14H,4-8,13H2,1-3H3,(H,30,34)(H,31,35). The summed E-state index contributed by atoms with van der Waals surface area (Å²) >= 11 is 0. The van der Waals surface area contributed by atoms with Crippen LogP contribution in [-0.4, -0.2) is 33.9 Å². The molecule has 2 amide bonds. The first-order valence-electron chi connectivity index (χ1n) is 11.2. The summed E-state index contributed by atoms with van der Waals surface area (Å²) in [5, 5.41) is 8.32. The van der Waals surface area contributed by atoms with E-state index in [1.165, 1.54) is 12.1 Å². The first-order chi connectivity index (χ1) is 16.6. The lowest BCUT2D eigenvalue weighted by Gasteiger charge is -2.19. The third-order valence-corrected chi connectivity index (χ3v) is 4.69. The average molecular weight is 522 g/mol. The fourth-order valence-electron chi connectivity index (χ4n) is 3.08. The molecular weight excluding hydrogens is 494 g/mol. The van der Waals surface area contributed by atoms with Gasteiger partial charge in [0.1, 0.15) is 5.69 Å². The zero-order chi connectivity index (χ0) is 27.1. The minimum absolute atomic E-state index is 0.0531. The van der Waals surface area contributed by atoms with Gasteiger partial charge >= 0.3 is 18.4 Å². The summed E-state index contributed by atoms with van der Waals surface area (Å²) in [6.45, 7) is 5.77. The third-order valence-electron chi connectivity index (χ3n) is 4.69. The second-order valence-electron chi connectivity index (χ2n) is 9.09. The molecule has 13 heteroatoms. The fraction of sp³-hybridized carbons (Fsp3) is 0.522. The van der Waals surface area contributed by atoms with Gasteiger partial charge in [0.15, 0.2) is 5.69 Å². The van der Waals surface area contributed by atoms with Crippen LogP contribution in [0, 0.1) is 0 Å². The fourth-order valence-corrected chi connectivity index (χ4v) is 3.08. The summed E-state index contributed by atoms with van der Waals surface area (Å²) in [6.07, 6.45) is -7.70. The van der Waals surface area contributed by atoms with Crippen molar-refractivity contribution >= 4 is 17.7 Å². The van der Waals surface area contributed by atoms with Gasteiger partial charge < -0.3 is 15.4 Å². The number of ether oxygens (including phenoxy) is 1. The van der Waals surface area contributed by atoms with E-state index in [0.717, 1.165) is 25.0 Å². The number of hydrogen-bond donors (Lipinski definition) is 2. The molecule has 0 aliphatic heterocycles. The zero-order valence-corrected chi connectivity index (χ0v) is 20.0. The van der Waals surface area contributed by atoms with Crippen molar-refractivity contribution in [3.63, 3.8) is 0 Å². The van der Waals surface area contributed by atoms with Gasteiger partial charge in [-0.3, -0.25) is 4.79 Å². The molecule has 1 aromatic carbocycles. The van der Waals surface area contributed by atoms with Crippen molar-refractivity contribution in [2.45, 2.75) is 70.8 Å². The predicted molar refractivity (Wildman–Crippen MR) is 120 cm³/mol. The number of halogens is 6. The van der Waals surface area contributed by atoms with Crippen LogP contribution >= 0.6 is 0 Å². The molecule has 36 heavy (non-hydrogen) atoms. The molecule has 0 saturated carbocycles. The van der Waals surface area contributed by atoms with Crippen molar-refractivity contribution in [2.24, 2.45) is 0 Å². The number of anilines is 1. The minimum Gasteiger partial charge on any atom is -0.450 e. The highest BCUT2D eigenvalue weighted by atomic mass is 19.4. The SMILES string of the molecule is CC(C)(C)NC(=O)OCCCCCCC(=O)Nc1ccc(-n2nc(C(F)(F)F)cc2C(F)(F)F)cc1. The molecular formula is C23H28F6N4O3. The maximum atomic E-state index is 13.2. The van der Waals surface area contributed by atoms with E-state index in [-0.39, 0.29) is 46.6 Å². The topological polar surface area (TPSA) is 85.2 Å². The summed E-state index contributed by atoms with van der Waals surface area (Å²) in [4.78, 5) is 23.6. The summed E-state index contributed by atoms with van der Waals surface area (Å²) in [7, 11) is 0. The molecule has 0 aliphatic rings. The third kappa shape index (κ3) is 9.42. The lowest BCUT2D eigenvalue weighted by molar-refractivity contribution is -0.143. The molecule has 0 spiro atoms. The average Bonchev–Trinajstić information content (AvgIpc) is 3.19. The first-order valence-corrected chi connectivity index (χ1v) is 11.2. The van der Waals surface area contributed by atoms with Crippen LogP contribution in [0.5, 0.6) is 0 Å². The zero-order valence-electron chi connectivity index (χ0n) is 20.0. The van der Waals surface area contributed by atoms with Gasteiger partial charge in [-0.15, -0.1) is 0 Å². The maximum absolute atomic E-state index is 13.2. The summed E-state index contributed by atoms with van der Waals surface area (Å²) in [5.41, 5.74) is -3.57. The van der Waals surface area contributed by atoms with E-state index in [2.05, 4.69) is 15.7 Å². The predicted octanol–water partition coefficient (Wildman–Crippen LogP) is 6.32. The van der Waals surface area contributed by atoms with Crippen LogP contribution < -0.4 is 10.6 Å². The number of alkyl halides is 6. The van der Waals surface area contributed by atoms with Gasteiger partial charge in [0.2, 0.25) is 5.91 Å². The Labute approximate surface area is 204 Å². The van der Waals surface area contributed by atoms with E-state index >= 15 is 0 Å². The number of carbonyl (C=O) groups is 2. The highest BCUT2D eigenvalue weighted by molar-refractivity contribution is 5.90. The summed E-state index contributed by atoms with van der Waals surface area (Å²) in [5.74, 6) is -0.321. The van der Waals surface area contributed by atoms with Crippen LogP contribution in [0.4, 0.5) is 36.8 Å². The number of amides is 2. The number of aromatic nitrogens is 2. The minimum atomic E-state index is -5.05. The Hall–Kier alpha value is -3.25. The largest absolute Gasteiger partial charge is 0.450 e. The van der Waals surface area contributed by atoms with Gasteiger partial charge in [-0.25, -0.2) is 9.48 Å². The number of rotatable bonds is 9. The van der Waals surface area contributed by atoms with Gasteiger partial charge in [-0.2, -0.15) is 31.4 Å². The molecule has 2 N–H and O–H groups in total. The van der Waals surface area contributed by atoms with Crippen LogP contribution in [-0.2, 0) is 21.9 Å². The van der Waals surface area contributed by atoms with Crippen LogP contribution in [0.15, 0.2) is 30.3 Å². The molecule has 1 heterocycles. The quantitative estimate of drug-likeness (QED) is 0.298. The Morgan fingerprint density at radius 1 is 0.917 bits per heavy atom. The van der Waals surface area contributed by atoms with Gasteiger partial charge in [0.05, 0.1) is 12.3 Å². The number of nitrogens with zero attached hydrogens (tertiary/aromatic N) is 2. The summed E-state index contributed by atoms with van der Waals surface area (Å²) in [6, 6.07) is 4.77. The highest BCUT2D eigenvalue weighted by Crippen LogP contribution is 2.36. The molecule has 0 aliphatic carbocycles. The molecule has 200 valence electrons. The van der Waals surface area contributed by atoms with E-state index in [1.807, 2.05) is 20.8 Å². The van der Waals surface area contributed by atoms with Crippen molar-refractivity contribution in [1.29, 1.82) is 0 Å². The number of alkyl carbamates (subject to hydrolysis) is 1. The molecule has 2 aromatic rings. The Morgan fingerprint density at radius 2 is 1.53 bits per heavy atom. The molecule has 2 rings (SSSR count). The van der Waals surface area contributed by atoms with E-state index < -0.39 is 29.8 Å². The van der Waals surface area contributed by atoms with Gasteiger partial charge in [0, 0.05) is 23.7 Å². The number of unbranched alkanes of at least 4 members (excludes halogenated alkanes) is 3. The van der Waals surface area contributed by atoms with E-state index in [9.17, 15) is 35.9 Å². The van der Waals surface area contributed by atoms with Gasteiger partial charge in [0.25, 0.3) is 0 Å². The monoisotopic (exact) mass is 522 g/mol. The smallest absolute Gasteiger partial charge is 0.435 e. The van der Waals surface area contributed by atoms with Gasteiger partial charge in [-0.05, 0) is 57.9 Å². The van der Waals surface area contributed by atoms with Crippen molar-refractivity contribution in [2.75, 3.05) is 11.9 Å². The van der Waals surface area contributed by atoms with Crippen molar-refractivity contribution in [1.82, 2.24) is 15.1 Å². The molecule has 0 unspecified atom stereocenters. The lowest BCUT2D eigenvalue weighted by atomic mass is 10.1. The van der Waals surface area contributed by atoms with Crippen molar-refractivity contribution in [3.8, 4) is 5.69 Å². The molecule has 0 radical (unpaired) electrons. The van der Waals surface area contributed by atoms with Gasteiger partial charge in [-0.1, -0.05) is 12.8 Å². The Kier molecular flexibility index (Phi) is 9.38. The van der Waals surface area contributed by atoms with Crippen molar-refractivity contribution < 1.29 is 40.7 Å². The molecule has 0 atom stereocenters. The van der Waals surface area contributed by atoms with Crippen LogP contribution in [0.2, 0.25) is 0 Å². The van der Waals surface area contributed by atoms with Crippen LogP contribution in [0.3, 0.4) is 0 Å². The van der Waals surface area contributed by atoms with Crippen LogP contribution in [0.1, 0.15) is 64.3 Å². The highest BCUT2D eigenvalue weighted by Gasteiger charge is 2.42. The number of nitrogens with one attached hydrogen (secondary N) is 2. The normalized spacial score (nSPS) is 12.4. The molecule has 0 fully saturated rings. The van der Waals surface area contributed by atoms with Crippen LogP contribution in [0.25, 0.3) is 5.69 Å².